The van der Waals surface area contributed by atoms with Crippen LogP contribution in [-0.4, -0.2) is 19.1 Å². The molecule has 3 aliphatic rings. The molecule has 3 nitrogen and oxygen atoms in total. The molecule has 0 saturated heterocycles. The number of rotatable bonds is 1. The highest BCUT2D eigenvalue weighted by atomic mass is 79.9. The van der Waals surface area contributed by atoms with Gasteiger partial charge in [0.25, 0.3) is 0 Å². The molecule has 20 heavy (non-hydrogen) atoms. The summed E-state index contributed by atoms with van der Waals surface area (Å²) in [5, 5.41) is 0. The Balaban J connectivity index is 1.88. The molecule has 104 valence electrons. The highest BCUT2D eigenvalue weighted by molar-refractivity contribution is 9.10. The van der Waals surface area contributed by atoms with Crippen molar-refractivity contribution in [1.82, 2.24) is 0 Å². The molecule has 1 spiro atoms. The average Bonchev–Trinajstić information content (AvgIpc) is 3.21. The lowest BCUT2D eigenvalue weighted by Crippen LogP contribution is -2.33. The number of hydrogen-bond acceptors (Lipinski definition) is 2. The van der Waals surface area contributed by atoms with Crippen molar-refractivity contribution in [3.8, 4) is 0 Å². The Morgan fingerprint density at radius 3 is 2.80 bits per heavy atom. The molecule has 1 fully saturated rings. The monoisotopic (exact) mass is 337 g/mol. The van der Waals surface area contributed by atoms with Crippen LogP contribution in [0.3, 0.4) is 0 Å². The number of carbonyl (C=O) groups excluding carboxylic acids is 1. The van der Waals surface area contributed by atoms with Crippen LogP contribution in [0.15, 0.2) is 28.4 Å². The smallest absolute Gasteiger partial charge is 0.242 e. The van der Waals surface area contributed by atoms with E-state index in [9.17, 15) is 9.18 Å². The molecule has 5 heteroatoms. The zero-order chi connectivity index (χ0) is 13.9. The van der Waals surface area contributed by atoms with E-state index in [0.29, 0.717) is 29.8 Å². The van der Waals surface area contributed by atoms with Gasteiger partial charge in [0.1, 0.15) is 5.82 Å². The normalized spacial score (nSPS) is 23.0. The van der Waals surface area contributed by atoms with Crippen molar-refractivity contribution in [1.29, 1.82) is 0 Å². The third-order valence-corrected chi connectivity index (χ3v) is 4.99. The zero-order valence-electron chi connectivity index (χ0n) is 10.8. The summed E-state index contributed by atoms with van der Waals surface area (Å²) < 4.78 is 19.6. The number of benzene rings is 1. The van der Waals surface area contributed by atoms with E-state index in [0.717, 1.165) is 24.1 Å². The second-order valence-corrected chi connectivity index (χ2v) is 6.38. The minimum absolute atomic E-state index is 0.0955. The summed E-state index contributed by atoms with van der Waals surface area (Å²) in [6.45, 7) is 1.12. The summed E-state index contributed by atoms with van der Waals surface area (Å²) in [7, 11) is 0. The molecule has 1 aromatic rings. The number of halogens is 2. The number of nitrogens with zero attached hydrogens (tertiary/aromatic N) is 1. The lowest BCUT2D eigenvalue weighted by Gasteiger charge is -2.24. The first-order chi connectivity index (χ1) is 9.63. The third kappa shape index (κ3) is 1.56. The van der Waals surface area contributed by atoms with E-state index in [-0.39, 0.29) is 11.7 Å². The van der Waals surface area contributed by atoms with Crippen molar-refractivity contribution in [3.05, 3.63) is 39.8 Å². The summed E-state index contributed by atoms with van der Waals surface area (Å²) >= 11 is 3.22. The maximum absolute atomic E-state index is 13.9. The molecule has 1 saturated carbocycles. The van der Waals surface area contributed by atoms with Gasteiger partial charge in [0, 0.05) is 12.1 Å². The highest BCUT2D eigenvalue weighted by Crippen LogP contribution is 2.59. The van der Waals surface area contributed by atoms with Crippen LogP contribution in [0.5, 0.6) is 0 Å². The molecule has 2 aliphatic heterocycles. The Morgan fingerprint density at radius 1 is 1.35 bits per heavy atom. The van der Waals surface area contributed by atoms with Gasteiger partial charge in [0.15, 0.2) is 0 Å². The van der Waals surface area contributed by atoms with Crippen LogP contribution in [0.4, 0.5) is 10.1 Å². The minimum Gasteiger partial charge on any atom is -0.377 e. The first-order valence-electron chi connectivity index (χ1n) is 6.74. The van der Waals surface area contributed by atoms with Crippen molar-refractivity contribution >= 4 is 27.5 Å². The van der Waals surface area contributed by atoms with Crippen LogP contribution in [0.2, 0.25) is 0 Å². The lowest BCUT2D eigenvalue weighted by atomic mass is 9.98. The van der Waals surface area contributed by atoms with Crippen LogP contribution in [0.25, 0.3) is 0 Å². The second-order valence-electron chi connectivity index (χ2n) is 5.53. The van der Waals surface area contributed by atoms with Crippen LogP contribution >= 0.6 is 15.9 Å². The Kier molecular flexibility index (Phi) is 2.60. The average molecular weight is 338 g/mol. The standard InChI is InChI=1S/C15H13BrFNO2/c16-11-7-10-13(8-12(11)17)18(9-1-5-20-6-2-9)14(19)15(10)3-4-15/h1,7-8H,2-6H2. The van der Waals surface area contributed by atoms with Gasteiger partial charge in [-0.15, -0.1) is 0 Å². The predicted molar refractivity (Wildman–Crippen MR) is 76.0 cm³/mol. The summed E-state index contributed by atoms with van der Waals surface area (Å²) in [6.07, 6.45) is 4.33. The fourth-order valence-electron chi connectivity index (χ4n) is 3.16. The van der Waals surface area contributed by atoms with Crippen molar-refractivity contribution < 1.29 is 13.9 Å². The number of anilines is 1. The molecule has 0 bridgehead atoms. The number of hydrogen-bond donors (Lipinski definition) is 0. The van der Waals surface area contributed by atoms with Crippen molar-refractivity contribution in [2.75, 3.05) is 18.1 Å². The summed E-state index contributed by atoms with van der Waals surface area (Å²) in [5.41, 5.74) is 2.21. The van der Waals surface area contributed by atoms with E-state index < -0.39 is 5.41 Å². The van der Waals surface area contributed by atoms with E-state index in [4.69, 9.17) is 4.74 Å². The first-order valence-corrected chi connectivity index (χ1v) is 7.54. The fourth-order valence-corrected chi connectivity index (χ4v) is 3.50. The second kappa shape index (κ2) is 4.15. The quantitative estimate of drug-likeness (QED) is 0.787. The molecule has 1 amide bonds. The van der Waals surface area contributed by atoms with Crippen LogP contribution in [0, 0.1) is 5.82 Å². The number of fused-ring (bicyclic) bond motifs is 2. The molecule has 0 atom stereocenters. The van der Waals surface area contributed by atoms with Gasteiger partial charge in [-0.3, -0.25) is 9.69 Å². The molecule has 1 aliphatic carbocycles. The predicted octanol–water partition coefficient (Wildman–Crippen LogP) is 3.27. The van der Waals surface area contributed by atoms with Crippen LogP contribution < -0.4 is 4.90 Å². The molecular weight excluding hydrogens is 325 g/mol. The Morgan fingerprint density at radius 2 is 2.15 bits per heavy atom. The topological polar surface area (TPSA) is 29.5 Å². The zero-order valence-corrected chi connectivity index (χ0v) is 12.4. The summed E-state index contributed by atoms with van der Waals surface area (Å²) in [6, 6.07) is 3.25. The van der Waals surface area contributed by atoms with Crippen molar-refractivity contribution in [2.24, 2.45) is 0 Å². The van der Waals surface area contributed by atoms with E-state index in [2.05, 4.69) is 15.9 Å². The van der Waals surface area contributed by atoms with Gasteiger partial charge < -0.3 is 4.74 Å². The number of carbonyl (C=O) groups is 1. The van der Waals surface area contributed by atoms with Crippen LogP contribution in [-0.2, 0) is 14.9 Å². The molecule has 0 N–H and O–H groups in total. The van der Waals surface area contributed by atoms with E-state index in [1.54, 1.807) is 11.0 Å². The molecule has 0 radical (unpaired) electrons. The first kappa shape index (κ1) is 12.5. The van der Waals surface area contributed by atoms with Crippen molar-refractivity contribution in [3.63, 3.8) is 0 Å². The van der Waals surface area contributed by atoms with Gasteiger partial charge in [0.2, 0.25) is 5.91 Å². The molecule has 2 heterocycles. The summed E-state index contributed by atoms with van der Waals surface area (Å²) in [5.74, 6) is -0.231. The fraction of sp³-hybridized carbons (Fsp3) is 0.400. The van der Waals surface area contributed by atoms with Gasteiger partial charge in [-0.2, -0.15) is 0 Å². The number of amides is 1. The van der Waals surface area contributed by atoms with E-state index >= 15 is 0 Å². The Bertz CT molecular complexity index is 652. The SMILES string of the molecule is O=C1N(C2=CCOCC2)c2cc(F)c(Br)cc2C12CC2. The maximum Gasteiger partial charge on any atom is 0.242 e. The largest absolute Gasteiger partial charge is 0.377 e. The van der Waals surface area contributed by atoms with Crippen molar-refractivity contribution in [2.45, 2.75) is 24.7 Å². The Labute approximate surface area is 124 Å². The van der Waals surface area contributed by atoms with Gasteiger partial charge in [0.05, 0.1) is 28.8 Å². The number of ether oxygens (including phenoxy) is 1. The molecule has 0 aromatic heterocycles. The Hall–Kier alpha value is -1.20. The molecule has 4 rings (SSSR count). The highest BCUT2D eigenvalue weighted by Gasteiger charge is 2.60. The maximum atomic E-state index is 13.9. The van der Waals surface area contributed by atoms with Gasteiger partial charge in [-0.1, -0.05) is 0 Å². The molecular formula is C15H13BrFNO2. The molecule has 0 unspecified atom stereocenters. The van der Waals surface area contributed by atoms with Gasteiger partial charge >= 0.3 is 0 Å². The summed E-state index contributed by atoms with van der Waals surface area (Å²) in [4.78, 5) is 14.5. The van der Waals surface area contributed by atoms with Gasteiger partial charge in [-0.25, -0.2) is 4.39 Å². The van der Waals surface area contributed by atoms with Crippen LogP contribution in [0.1, 0.15) is 24.8 Å². The van der Waals surface area contributed by atoms with E-state index in [1.165, 1.54) is 6.07 Å². The van der Waals surface area contributed by atoms with Gasteiger partial charge in [-0.05, 0) is 52.5 Å². The third-order valence-electron chi connectivity index (χ3n) is 4.38. The minimum atomic E-state index is -0.398. The van der Waals surface area contributed by atoms with E-state index in [1.807, 2.05) is 6.08 Å². The lowest BCUT2D eigenvalue weighted by molar-refractivity contribution is -0.119. The molecule has 1 aromatic carbocycles.